The van der Waals surface area contributed by atoms with Gasteiger partial charge in [0.05, 0.1) is 22.3 Å². The van der Waals surface area contributed by atoms with E-state index >= 15 is 0 Å². The topological polar surface area (TPSA) is 122 Å². The quantitative estimate of drug-likeness (QED) is 0.638. The zero-order chi connectivity index (χ0) is 21.3. The Kier molecular flexibility index (Phi) is 6.01. The summed E-state index contributed by atoms with van der Waals surface area (Å²) in [6.45, 7) is 8.99. The minimum atomic E-state index is -1.26. The predicted molar refractivity (Wildman–Crippen MR) is 103 cm³/mol. The minimum absolute atomic E-state index is 0.0892. The highest BCUT2D eigenvalue weighted by Gasteiger charge is 2.52. The maximum Gasteiger partial charge on any atom is 0.492 e. The van der Waals surface area contributed by atoms with E-state index in [2.05, 4.69) is 5.32 Å². The summed E-state index contributed by atoms with van der Waals surface area (Å²) >= 11 is 0. The molecule has 0 atom stereocenters. The highest BCUT2D eigenvalue weighted by Crippen LogP contribution is 2.38. The van der Waals surface area contributed by atoms with Crippen LogP contribution in [0.15, 0.2) is 23.7 Å². The molecule has 9 heteroatoms. The lowest BCUT2D eigenvalue weighted by Gasteiger charge is -2.32. The van der Waals surface area contributed by atoms with Crippen LogP contribution in [-0.4, -0.2) is 52.9 Å². The van der Waals surface area contributed by atoms with Crippen molar-refractivity contribution in [2.24, 2.45) is 0 Å². The van der Waals surface area contributed by atoms with Crippen LogP contribution in [0.1, 0.15) is 60.9 Å². The van der Waals surface area contributed by atoms with Crippen molar-refractivity contribution in [2.75, 3.05) is 6.54 Å². The summed E-state index contributed by atoms with van der Waals surface area (Å²) in [6.07, 6.45) is 1.55. The third kappa shape index (κ3) is 4.60. The molecule has 0 aliphatic carbocycles. The van der Waals surface area contributed by atoms with Crippen LogP contribution >= 0.6 is 0 Å². The van der Waals surface area contributed by atoms with Crippen LogP contribution in [0.2, 0.25) is 0 Å². The van der Waals surface area contributed by atoms with Gasteiger partial charge in [-0.05, 0) is 50.9 Å². The van der Waals surface area contributed by atoms with Gasteiger partial charge in [0.2, 0.25) is 5.91 Å². The van der Waals surface area contributed by atoms with Crippen LogP contribution < -0.4 is 5.32 Å². The van der Waals surface area contributed by atoms with Crippen LogP contribution in [0.3, 0.4) is 0 Å². The number of benzene rings is 1. The van der Waals surface area contributed by atoms with Gasteiger partial charge in [-0.25, -0.2) is 9.59 Å². The highest BCUT2D eigenvalue weighted by atomic mass is 16.7. The number of carboxylic acid groups (broad SMARTS) is 2. The first kappa shape index (κ1) is 21.7. The lowest BCUT2D eigenvalue weighted by atomic mass is 9.76. The molecule has 0 unspecified atom stereocenters. The van der Waals surface area contributed by atoms with E-state index in [0.29, 0.717) is 5.47 Å². The lowest BCUT2D eigenvalue weighted by molar-refractivity contribution is -0.118. The van der Waals surface area contributed by atoms with Gasteiger partial charge in [0.25, 0.3) is 0 Å². The zero-order valence-corrected chi connectivity index (χ0v) is 16.5. The molecule has 1 heterocycles. The van der Waals surface area contributed by atoms with E-state index in [0.717, 1.165) is 6.07 Å². The Hall–Kier alpha value is -2.65. The van der Waals surface area contributed by atoms with Crippen molar-refractivity contribution in [3.63, 3.8) is 0 Å². The van der Waals surface area contributed by atoms with Crippen molar-refractivity contribution in [1.82, 2.24) is 5.32 Å². The fourth-order valence-electron chi connectivity index (χ4n) is 2.62. The number of hydrogen-bond donors (Lipinski definition) is 3. The second-order valence-electron chi connectivity index (χ2n) is 7.63. The van der Waals surface area contributed by atoms with Crippen LogP contribution in [0.25, 0.3) is 6.08 Å². The van der Waals surface area contributed by atoms with Gasteiger partial charge in [-0.1, -0.05) is 12.1 Å². The Morgan fingerprint density at radius 1 is 1.07 bits per heavy atom. The molecule has 1 aromatic rings. The number of carboxylic acids is 2. The summed E-state index contributed by atoms with van der Waals surface area (Å²) in [5.74, 6) is -2.74. The van der Waals surface area contributed by atoms with E-state index in [1.807, 2.05) is 27.7 Å². The molecule has 3 N–H and O–H groups in total. The summed E-state index contributed by atoms with van der Waals surface area (Å²) in [4.78, 5) is 34.1. The first-order chi connectivity index (χ1) is 12.8. The molecule has 0 aromatic heterocycles. The minimum Gasteiger partial charge on any atom is -0.478 e. The first-order valence-electron chi connectivity index (χ1n) is 8.75. The third-order valence-corrected chi connectivity index (χ3v) is 4.97. The molecule has 1 aliphatic rings. The molecule has 1 aromatic carbocycles. The van der Waals surface area contributed by atoms with Crippen LogP contribution in [0.4, 0.5) is 0 Å². The van der Waals surface area contributed by atoms with Crippen molar-refractivity contribution >= 4 is 31.0 Å². The Bertz CT molecular complexity index is 829. The van der Waals surface area contributed by atoms with Crippen molar-refractivity contribution in [2.45, 2.75) is 45.8 Å². The van der Waals surface area contributed by atoms with E-state index in [9.17, 15) is 19.5 Å². The molecule has 2 rings (SSSR count). The number of hydrogen-bond acceptors (Lipinski definition) is 5. The average molecular weight is 389 g/mol. The van der Waals surface area contributed by atoms with Crippen molar-refractivity contribution in [3.8, 4) is 0 Å². The van der Waals surface area contributed by atoms with Crippen molar-refractivity contribution in [1.29, 1.82) is 0 Å². The monoisotopic (exact) mass is 389 g/mol. The largest absolute Gasteiger partial charge is 0.492 e. The fourth-order valence-corrected chi connectivity index (χ4v) is 2.62. The molecular formula is C19H24BNO7. The van der Waals surface area contributed by atoms with E-state index in [1.165, 1.54) is 19.1 Å². The second-order valence-corrected chi connectivity index (χ2v) is 7.63. The lowest BCUT2D eigenvalue weighted by Crippen LogP contribution is -2.41. The standard InChI is InChI=1S/C19H24BNO7/c1-11(22)21-10-14(20-27-18(2,3)19(4,5)28-20)8-12-6-7-13(16(23)24)9-15(12)17(25)26/h6-9H,10H2,1-5H3,(H,21,22)(H,23,24)(H,25,26). The van der Waals surface area contributed by atoms with E-state index in [4.69, 9.17) is 14.4 Å². The Balaban J connectivity index is 2.50. The normalized spacial score (nSPS) is 18.0. The smallest absolute Gasteiger partial charge is 0.478 e. The van der Waals surface area contributed by atoms with E-state index < -0.39 is 30.3 Å². The van der Waals surface area contributed by atoms with Crippen molar-refractivity contribution in [3.05, 3.63) is 40.4 Å². The summed E-state index contributed by atoms with van der Waals surface area (Å²) in [7, 11) is -0.794. The molecule has 0 spiro atoms. The maximum absolute atomic E-state index is 11.6. The summed E-state index contributed by atoms with van der Waals surface area (Å²) in [5.41, 5.74) is -0.733. The summed E-state index contributed by atoms with van der Waals surface area (Å²) < 4.78 is 12.0. The Labute approximate surface area is 163 Å². The van der Waals surface area contributed by atoms with Crippen LogP contribution in [0.5, 0.6) is 0 Å². The molecule has 0 bridgehead atoms. The Morgan fingerprint density at radius 2 is 1.64 bits per heavy atom. The van der Waals surface area contributed by atoms with Gasteiger partial charge in [-0.3, -0.25) is 4.79 Å². The Morgan fingerprint density at radius 3 is 2.11 bits per heavy atom. The molecule has 1 aliphatic heterocycles. The SMILES string of the molecule is CC(=O)NCC(=Cc1ccc(C(=O)O)cc1C(=O)O)B1OC(C)(C)C(C)(C)O1. The molecule has 28 heavy (non-hydrogen) atoms. The van der Waals surface area contributed by atoms with E-state index in [-0.39, 0.29) is 29.1 Å². The third-order valence-electron chi connectivity index (χ3n) is 4.97. The van der Waals surface area contributed by atoms with Crippen LogP contribution in [0, 0.1) is 0 Å². The number of carbonyl (C=O) groups is 3. The van der Waals surface area contributed by atoms with E-state index in [1.54, 1.807) is 6.08 Å². The number of nitrogens with one attached hydrogen (secondary N) is 1. The van der Waals surface area contributed by atoms with Crippen LogP contribution in [-0.2, 0) is 14.1 Å². The van der Waals surface area contributed by atoms with Gasteiger partial charge < -0.3 is 24.8 Å². The molecule has 1 amide bonds. The molecule has 0 radical (unpaired) electrons. The number of carbonyl (C=O) groups excluding carboxylic acids is 1. The van der Waals surface area contributed by atoms with Gasteiger partial charge in [-0.2, -0.15) is 0 Å². The first-order valence-corrected chi connectivity index (χ1v) is 8.75. The van der Waals surface area contributed by atoms with Gasteiger partial charge in [-0.15, -0.1) is 0 Å². The zero-order valence-electron chi connectivity index (χ0n) is 16.5. The fraction of sp³-hybridized carbons (Fsp3) is 0.421. The number of amides is 1. The highest BCUT2D eigenvalue weighted by molar-refractivity contribution is 6.56. The molecule has 0 saturated carbocycles. The average Bonchev–Trinajstić information content (AvgIpc) is 2.78. The van der Waals surface area contributed by atoms with Gasteiger partial charge in [0.1, 0.15) is 0 Å². The van der Waals surface area contributed by atoms with Gasteiger partial charge in [0, 0.05) is 13.5 Å². The molecule has 8 nitrogen and oxygen atoms in total. The molecule has 1 saturated heterocycles. The molecule has 1 fully saturated rings. The second kappa shape index (κ2) is 7.77. The molecular weight excluding hydrogens is 365 g/mol. The number of aromatic carboxylic acids is 2. The predicted octanol–water partition coefficient (Wildman–Crippen LogP) is 2.23. The van der Waals surface area contributed by atoms with Gasteiger partial charge >= 0.3 is 19.1 Å². The van der Waals surface area contributed by atoms with Gasteiger partial charge in [0.15, 0.2) is 0 Å². The maximum atomic E-state index is 11.6. The summed E-state index contributed by atoms with van der Waals surface area (Å²) in [5, 5.41) is 21.2. The molecule has 150 valence electrons. The number of rotatable bonds is 6. The summed E-state index contributed by atoms with van der Waals surface area (Å²) in [6, 6.07) is 3.82. The van der Waals surface area contributed by atoms with Crippen molar-refractivity contribution < 1.29 is 33.9 Å².